The number of rotatable bonds is 2. The van der Waals surface area contributed by atoms with Crippen molar-refractivity contribution < 1.29 is 4.79 Å². The third kappa shape index (κ3) is 2.71. The second kappa shape index (κ2) is 5.22. The van der Waals surface area contributed by atoms with E-state index in [1.54, 1.807) is 0 Å². The summed E-state index contributed by atoms with van der Waals surface area (Å²) in [5.74, 6) is 0.0678. The Morgan fingerprint density at radius 2 is 1.81 bits per heavy atom. The van der Waals surface area contributed by atoms with Crippen LogP contribution in [0.15, 0.2) is 24.3 Å². The van der Waals surface area contributed by atoms with Gasteiger partial charge in [0.25, 0.3) is 0 Å². The fourth-order valence-corrected chi connectivity index (χ4v) is 3.70. The van der Waals surface area contributed by atoms with Crippen LogP contribution < -0.4 is 4.90 Å². The molecule has 1 aromatic carbocycles. The molecule has 0 bridgehead atoms. The first-order chi connectivity index (χ1) is 9.83. The topological polar surface area (TPSA) is 23.6 Å². The molecule has 114 valence electrons. The number of benzene rings is 1. The number of carbonyl (C=O) groups is 1. The van der Waals surface area contributed by atoms with Gasteiger partial charge in [-0.05, 0) is 31.5 Å². The predicted molar refractivity (Wildman–Crippen MR) is 87.4 cm³/mol. The van der Waals surface area contributed by atoms with Crippen molar-refractivity contribution in [2.24, 2.45) is 5.41 Å². The smallest absolute Gasteiger partial charge is 0.231 e. The minimum atomic E-state index is -0.895. The summed E-state index contributed by atoms with van der Waals surface area (Å²) >= 11 is 18.2. The van der Waals surface area contributed by atoms with Crippen LogP contribution in [0.25, 0.3) is 0 Å². The van der Waals surface area contributed by atoms with Crippen molar-refractivity contribution in [3.63, 3.8) is 0 Å². The lowest BCUT2D eigenvalue weighted by Gasteiger charge is -2.37. The molecule has 0 spiro atoms. The second-order valence-electron chi connectivity index (χ2n) is 5.97. The van der Waals surface area contributed by atoms with E-state index in [9.17, 15) is 4.79 Å². The largest absolute Gasteiger partial charge is 0.368 e. The van der Waals surface area contributed by atoms with Crippen LogP contribution in [0, 0.1) is 5.41 Å². The normalized spacial score (nSPS) is 27.6. The van der Waals surface area contributed by atoms with Crippen molar-refractivity contribution in [3.8, 4) is 0 Å². The molecule has 1 saturated carbocycles. The maximum absolute atomic E-state index is 12.5. The molecule has 1 unspecified atom stereocenters. The Balaban J connectivity index is 1.62. The van der Waals surface area contributed by atoms with Crippen LogP contribution in [-0.2, 0) is 4.79 Å². The first kappa shape index (κ1) is 15.3. The molecular formula is C15H17Cl3N2O. The third-order valence-corrected chi connectivity index (χ3v) is 5.81. The molecule has 1 heterocycles. The molecule has 21 heavy (non-hydrogen) atoms. The summed E-state index contributed by atoms with van der Waals surface area (Å²) in [6, 6.07) is 7.78. The number of hydrogen-bond donors (Lipinski definition) is 0. The van der Waals surface area contributed by atoms with Gasteiger partial charge < -0.3 is 9.80 Å². The van der Waals surface area contributed by atoms with Crippen LogP contribution in [0.5, 0.6) is 0 Å². The summed E-state index contributed by atoms with van der Waals surface area (Å²) < 4.78 is -0.895. The minimum absolute atomic E-state index is 0.0678. The maximum Gasteiger partial charge on any atom is 0.231 e. The Labute approximate surface area is 139 Å². The highest BCUT2D eigenvalue weighted by atomic mass is 35.5. The Bertz CT molecular complexity index is 570. The average molecular weight is 348 g/mol. The number of carbonyl (C=O) groups excluding carboxylic acids is 1. The lowest BCUT2D eigenvalue weighted by atomic mass is 10.1. The fraction of sp³-hybridized carbons (Fsp3) is 0.533. The van der Waals surface area contributed by atoms with Crippen molar-refractivity contribution in [1.82, 2.24) is 4.90 Å². The van der Waals surface area contributed by atoms with Crippen LogP contribution in [0.4, 0.5) is 5.69 Å². The molecule has 2 fully saturated rings. The zero-order valence-electron chi connectivity index (χ0n) is 11.8. The molecule has 6 heteroatoms. The van der Waals surface area contributed by atoms with E-state index in [0.717, 1.165) is 23.8 Å². The molecule has 1 aromatic rings. The van der Waals surface area contributed by atoms with Crippen LogP contribution in [0.3, 0.4) is 0 Å². The van der Waals surface area contributed by atoms with Gasteiger partial charge >= 0.3 is 0 Å². The van der Waals surface area contributed by atoms with E-state index in [2.05, 4.69) is 4.90 Å². The van der Waals surface area contributed by atoms with Gasteiger partial charge in [-0.25, -0.2) is 0 Å². The fourth-order valence-electron chi connectivity index (χ4n) is 2.82. The second-order valence-corrected chi connectivity index (χ2v) is 7.89. The van der Waals surface area contributed by atoms with E-state index < -0.39 is 9.75 Å². The number of anilines is 1. The zero-order chi connectivity index (χ0) is 15.3. The van der Waals surface area contributed by atoms with Crippen molar-refractivity contribution in [3.05, 3.63) is 29.3 Å². The molecule has 0 N–H and O–H groups in total. The summed E-state index contributed by atoms with van der Waals surface area (Å²) in [5, 5.41) is 0.727. The van der Waals surface area contributed by atoms with Crippen LogP contribution >= 0.6 is 34.8 Å². The highest BCUT2D eigenvalue weighted by molar-refractivity contribution is 6.53. The van der Waals surface area contributed by atoms with Gasteiger partial charge in [0.1, 0.15) is 4.33 Å². The quantitative estimate of drug-likeness (QED) is 0.764. The lowest BCUT2D eigenvalue weighted by molar-refractivity contribution is -0.136. The average Bonchev–Trinajstić information content (AvgIpc) is 2.98. The van der Waals surface area contributed by atoms with Crippen LogP contribution in [0.2, 0.25) is 5.02 Å². The van der Waals surface area contributed by atoms with Crippen LogP contribution in [-0.4, -0.2) is 41.3 Å². The molecule has 0 radical (unpaired) electrons. The molecule has 1 atom stereocenters. The van der Waals surface area contributed by atoms with E-state index in [-0.39, 0.29) is 5.91 Å². The summed E-state index contributed by atoms with van der Waals surface area (Å²) in [4.78, 5) is 16.6. The third-order valence-electron chi connectivity index (χ3n) is 4.47. The lowest BCUT2D eigenvalue weighted by Crippen LogP contribution is -2.51. The highest BCUT2D eigenvalue weighted by Gasteiger charge is 2.68. The number of halogens is 3. The molecule has 0 aromatic heterocycles. The van der Waals surface area contributed by atoms with Gasteiger partial charge in [-0.15, -0.1) is 23.2 Å². The molecule has 1 aliphatic carbocycles. The van der Waals surface area contributed by atoms with Gasteiger partial charge in [-0.3, -0.25) is 4.79 Å². The Kier molecular flexibility index (Phi) is 3.79. The van der Waals surface area contributed by atoms with Gasteiger partial charge in [0, 0.05) is 36.9 Å². The van der Waals surface area contributed by atoms with Gasteiger partial charge in [-0.2, -0.15) is 0 Å². The van der Waals surface area contributed by atoms with Crippen LogP contribution in [0.1, 0.15) is 13.3 Å². The number of piperazine rings is 1. The molecule has 1 aliphatic heterocycles. The Hall–Kier alpha value is -0.640. The molecule has 1 amide bonds. The Morgan fingerprint density at radius 3 is 2.33 bits per heavy atom. The van der Waals surface area contributed by atoms with Crippen molar-refractivity contribution >= 4 is 46.4 Å². The molecule has 3 rings (SSSR count). The summed E-state index contributed by atoms with van der Waals surface area (Å²) in [5.41, 5.74) is 0.477. The predicted octanol–water partition coefficient (Wildman–Crippen LogP) is 3.57. The van der Waals surface area contributed by atoms with Gasteiger partial charge in [0.05, 0.1) is 5.41 Å². The highest BCUT2D eigenvalue weighted by Crippen LogP contribution is 2.64. The van der Waals surface area contributed by atoms with E-state index in [4.69, 9.17) is 34.8 Å². The summed E-state index contributed by atoms with van der Waals surface area (Å²) in [6.07, 6.45) is 0.538. The molecule has 1 saturated heterocycles. The maximum atomic E-state index is 12.5. The van der Waals surface area contributed by atoms with Crippen molar-refractivity contribution in [1.29, 1.82) is 0 Å². The molecule has 2 aliphatic rings. The number of nitrogens with zero attached hydrogens (tertiary/aromatic N) is 2. The summed E-state index contributed by atoms with van der Waals surface area (Å²) in [6.45, 7) is 4.80. The van der Waals surface area contributed by atoms with E-state index in [1.165, 1.54) is 0 Å². The summed E-state index contributed by atoms with van der Waals surface area (Å²) in [7, 11) is 0. The first-order valence-corrected chi connectivity index (χ1v) is 8.15. The standard InChI is InChI=1S/C15H17Cl3N2O/c1-14(10-15(14,17)18)13(21)20-7-5-19(6-8-20)12-4-2-3-11(16)9-12/h2-4,9H,5-8,10H2,1H3. The minimum Gasteiger partial charge on any atom is -0.368 e. The number of hydrogen-bond acceptors (Lipinski definition) is 2. The first-order valence-electron chi connectivity index (χ1n) is 7.01. The van der Waals surface area contributed by atoms with E-state index in [1.807, 2.05) is 36.1 Å². The van der Waals surface area contributed by atoms with E-state index in [0.29, 0.717) is 19.5 Å². The monoisotopic (exact) mass is 346 g/mol. The molecular weight excluding hydrogens is 331 g/mol. The number of alkyl halides is 2. The van der Waals surface area contributed by atoms with Gasteiger partial charge in [0.15, 0.2) is 0 Å². The van der Waals surface area contributed by atoms with Gasteiger partial charge in [0.2, 0.25) is 5.91 Å². The SMILES string of the molecule is CC1(C(=O)N2CCN(c3cccc(Cl)c3)CC2)CC1(Cl)Cl. The van der Waals surface area contributed by atoms with Crippen molar-refractivity contribution in [2.45, 2.75) is 17.7 Å². The van der Waals surface area contributed by atoms with Gasteiger partial charge in [-0.1, -0.05) is 17.7 Å². The number of amides is 1. The van der Waals surface area contributed by atoms with E-state index >= 15 is 0 Å². The zero-order valence-corrected chi connectivity index (χ0v) is 14.0. The van der Waals surface area contributed by atoms with Crippen molar-refractivity contribution in [2.75, 3.05) is 31.1 Å². The molecule has 3 nitrogen and oxygen atoms in total. The Morgan fingerprint density at radius 1 is 1.19 bits per heavy atom.